The molecule has 0 aromatic heterocycles. The minimum absolute atomic E-state index is 0.102. The fourth-order valence-corrected chi connectivity index (χ4v) is 3.11. The van der Waals surface area contributed by atoms with Crippen molar-refractivity contribution in [3.63, 3.8) is 0 Å². The van der Waals surface area contributed by atoms with E-state index in [1.807, 2.05) is 6.07 Å². The number of ether oxygens (including phenoxy) is 1. The van der Waals surface area contributed by atoms with Crippen LogP contribution in [0.4, 0.5) is 0 Å². The van der Waals surface area contributed by atoms with Crippen LogP contribution in [-0.4, -0.2) is 12.1 Å². The lowest BCUT2D eigenvalue weighted by atomic mass is 9.99. The van der Waals surface area contributed by atoms with Crippen molar-refractivity contribution >= 4 is 11.6 Å². The molecule has 1 aromatic carbocycles. The molecule has 0 amide bonds. The lowest BCUT2D eigenvalue weighted by molar-refractivity contribution is 0.137. The number of fused-ring (bicyclic) bond motifs is 1. The molecule has 0 radical (unpaired) electrons. The molecule has 1 heterocycles. The summed E-state index contributed by atoms with van der Waals surface area (Å²) in [5.74, 6) is 2.24. The fourth-order valence-electron chi connectivity index (χ4n) is 2.86. The van der Waals surface area contributed by atoms with Crippen molar-refractivity contribution in [3.05, 3.63) is 28.3 Å². The minimum Gasteiger partial charge on any atom is -0.487 e. The second-order valence-corrected chi connectivity index (χ2v) is 6.30. The molecule has 92 valence electrons. The van der Waals surface area contributed by atoms with Crippen molar-refractivity contribution in [2.45, 2.75) is 38.2 Å². The second-order valence-electron chi connectivity index (χ2n) is 5.86. The third kappa shape index (κ3) is 1.94. The van der Waals surface area contributed by atoms with Gasteiger partial charge < -0.3 is 10.5 Å². The van der Waals surface area contributed by atoms with Crippen LogP contribution < -0.4 is 10.5 Å². The first-order valence-corrected chi connectivity index (χ1v) is 6.59. The van der Waals surface area contributed by atoms with Gasteiger partial charge >= 0.3 is 0 Å². The molecule has 2 atom stereocenters. The standard InChI is InChI=1S/C14H18ClNO/c1-14(2)6-8-3-10(15)5-12(13(8)17-14)11-4-9(11)7-16/h3,5,9,11H,4,6-7,16H2,1-2H3/t9-,11-/m0/s1. The van der Waals surface area contributed by atoms with E-state index in [1.165, 1.54) is 17.5 Å². The Labute approximate surface area is 107 Å². The van der Waals surface area contributed by atoms with Crippen LogP contribution in [0.3, 0.4) is 0 Å². The monoisotopic (exact) mass is 251 g/mol. The van der Waals surface area contributed by atoms with E-state index in [0.717, 1.165) is 23.7 Å². The maximum atomic E-state index is 6.20. The zero-order valence-corrected chi connectivity index (χ0v) is 11.1. The Morgan fingerprint density at radius 2 is 2.24 bits per heavy atom. The van der Waals surface area contributed by atoms with E-state index in [9.17, 15) is 0 Å². The lowest BCUT2D eigenvalue weighted by Gasteiger charge is -2.18. The van der Waals surface area contributed by atoms with Gasteiger partial charge in [0.2, 0.25) is 0 Å². The largest absolute Gasteiger partial charge is 0.487 e. The van der Waals surface area contributed by atoms with E-state index in [-0.39, 0.29) is 5.60 Å². The SMILES string of the molecule is CC1(C)Cc2cc(Cl)cc([C@H]3C[C@H]3CN)c2O1. The van der Waals surface area contributed by atoms with E-state index in [0.29, 0.717) is 11.8 Å². The summed E-state index contributed by atoms with van der Waals surface area (Å²) in [5.41, 5.74) is 8.14. The maximum absolute atomic E-state index is 6.20. The molecular weight excluding hydrogens is 234 g/mol. The van der Waals surface area contributed by atoms with Crippen molar-refractivity contribution in [1.82, 2.24) is 0 Å². The first kappa shape index (κ1) is 11.4. The second kappa shape index (κ2) is 3.63. The number of hydrogen-bond acceptors (Lipinski definition) is 2. The van der Waals surface area contributed by atoms with Crippen LogP contribution in [0.1, 0.15) is 37.3 Å². The summed E-state index contributed by atoms with van der Waals surface area (Å²) in [6, 6.07) is 4.09. The molecule has 2 nitrogen and oxygen atoms in total. The molecule has 1 aromatic rings. The number of hydrogen-bond donors (Lipinski definition) is 1. The Bertz CT molecular complexity index is 470. The Morgan fingerprint density at radius 1 is 1.47 bits per heavy atom. The highest BCUT2D eigenvalue weighted by Gasteiger charge is 2.42. The summed E-state index contributed by atoms with van der Waals surface area (Å²) in [4.78, 5) is 0. The van der Waals surface area contributed by atoms with Gasteiger partial charge in [0.1, 0.15) is 11.4 Å². The van der Waals surface area contributed by atoms with Crippen molar-refractivity contribution in [1.29, 1.82) is 0 Å². The van der Waals surface area contributed by atoms with Gasteiger partial charge in [0.25, 0.3) is 0 Å². The van der Waals surface area contributed by atoms with Crippen LogP contribution in [0.5, 0.6) is 5.75 Å². The summed E-state index contributed by atoms with van der Waals surface area (Å²) in [6.07, 6.45) is 2.11. The third-order valence-electron chi connectivity index (χ3n) is 3.78. The number of rotatable bonds is 2. The van der Waals surface area contributed by atoms with Gasteiger partial charge in [-0.15, -0.1) is 0 Å². The van der Waals surface area contributed by atoms with Gasteiger partial charge in [-0.1, -0.05) is 11.6 Å². The van der Waals surface area contributed by atoms with E-state index in [1.54, 1.807) is 0 Å². The molecule has 17 heavy (non-hydrogen) atoms. The molecular formula is C14H18ClNO. The normalized spacial score (nSPS) is 28.7. The zero-order valence-electron chi connectivity index (χ0n) is 10.3. The number of nitrogens with two attached hydrogens (primary N) is 1. The summed E-state index contributed by atoms with van der Waals surface area (Å²) < 4.78 is 6.08. The summed E-state index contributed by atoms with van der Waals surface area (Å²) in [5, 5.41) is 0.822. The van der Waals surface area contributed by atoms with Crippen LogP contribution in [0, 0.1) is 5.92 Å². The van der Waals surface area contributed by atoms with Gasteiger partial charge in [0.15, 0.2) is 0 Å². The van der Waals surface area contributed by atoms with Gasteiger partial charge in [0, 0.05) is 11.4 Å². The summed E-state index contributed by atoms with van der Waals surface area (Å²) in [6.45, 7) is 5.01. The molecule has 1 fully saturated rings. The number of halogens is 1. The molecule has 3 heteroatoms. The van der Waals surface area contributed by atoms with E-state index in [4.69, 9.17) is 22.1 Å². The molecule has 0 spiro atoms. The average molecular weight is 252 g/mol. The lowest BCUT2D eigenvalue weighted by Crippen LogP contribution is -2.24. The van der Waals surface area contributed by atoms with Crippen LogP contribution >= 0.6 is 11.6 Å². The number of benzene rings is 1. The Balaban J connectivity index is 2.01. The van der Waals surface area contributed by atoms with Crippen molar-refractivity contribution < 1.29 is 4.74 Å². The summed E-state index contributed by atoms with van der Waals surface area (Å²) in [7, 11) is 0. The molecule has 1 saturated carbocycles. The quantitative estimate of drug-likeness (QED) is 0.877. The highest BCUT2D eigenvalue weighted by atomic mass is 35.5. The first-order chi connectivity index (χ1) is 8.00. The van der Waals surface area contributed by atoms with Gasteiger partial charge in [-0.05, 0) is 61.9 Å². The Morgan fingerprint density at radius 3 is 2.88 bits per heavy atom. The predicted molar refractivity (Wildman–Crippen MR) is 69.8 cm³/mol. The van der Waals surface area contributed by atoms with E-state index >= 15 is 0 Å². The minimum atomic E-state index is -0.102. The highest BCUT2D eigenvalue weighted by Crippen LogP contribution is 2.53. The predicted octanol–water partition coefficient (Wildman–Crippen LogP) is 3.12. The molecule has 0 saturated heterocycles. The van der Waals surface area contributed by atoms with Crippen LogP contribution in [0.15, 0.2) is 12.1 Å². The van der Waals surface area contributed by atoms with Gasteiger partial charge in [-0.2, -0.15) is 0 Å². The first-order valence-electron chi connectivity index (χ1n) is 6.21. The zero-order chi connectivity index (χ0) is 12.2. The molecule has 3 rings (SSSR count). The fraction of sp³-hybridized carbons (Fsp3) is 0.571. The van der Waals surface area contributed by atoms with Crippen LogP contribution in [0.2, 0.25) is 5.02 Å². The smallest absolute Gasteiger partial charge is 0.127 e. The van der Waals surface area contributed by atoms with Gasteiger partial charge in [-0.25, -0.2) is 0 Å². The Kier molecular flexibility index (Phi) is 2.43. The van der Waals surface area contributed by atoms with Crippen LogP contribution in [-0.2, 0) is 6.42 Å². The Hall–Kier alpha value is -0.730. The molecule has 2 N–H and O–H groups in total. The van der Waals surface area contributed by atoms with E-state index in [2.05, 4.69) is 19.9 Å². The molecule has 0 unspecified atom stereocenters. The van der Waals surface area contributed by atoms with Crippen molar-refractivity contribution in [3.8, 4) is 5.75 Å². The topological polar surface area (TPSA) is 35.2 Å². The average Bonchev–Trinajstić information content (AvgIpc) is 2.94. The summed E-state index contributed by atoms with van der Waals surface area (Å²) >= 11 is 6.20. The van der Waals surface area contributed by atoms with Crippen molar-refractivity contribution in [2.75, 3.05) is 6.54 Å². The van der Waals surface area contributed by atoms with Gasteiger partial charge in [-0.3, -0.25) is 0 Å². The molecule has 0 bridgehead atoms. The molecule has 1 aliphatic carbocycles. The van der Waals surface area contributed by atoms with Crippen LogP contribution in [0.25, 0.3) is 0 Å². The molecule has 2 aliphatic rings. The highest BCUT2D eigenvalue weighted by molar-refractivity contribution is 6.30. The van der Waals surface area contributed by atoms with Crippen molar-refractivity contribution in [2.24, 2.45) is 11.7 Å². The third-order valence-corrected chi connectivity index (χ3v) is 4.00. The maximum Gasteiger partial charge on any atom is 0.127 e. The van der Waals surface area contributed by atoms with Gasteiger partial charge in [0.05, 0.1) is 0 Å². The molecule has 1 aliphatic heterocycles. The van der Waals surface area contributed by atoms with E-state index < -0.39 is 0 Å².